The van der Waals surface area contributed by atoms with Crippen molar-refractivity contribution in [2.45, 2.75) is 26.3 Å². The largest absolute Gasteiger partial charge is 0.507 e. The summed E-state index contributed by atoms with van der Waals surface area (Å²) in [6, 6.07) is 1.15. The van der Waals surface area contributed by atoms with E-state index in [1.54, 1.807) is 10.9 Å². The zero-order chi connectivity index (χ0) is 11.2. The van der Waals surface area contributed by atoms with Gasteiger partial charge in [0.25, 0.3) is 5.56 Å². The summed E-state index contributed by atoms with van der Waals surface area (Å²) in [5, 5.41) is 14.3. The molecule has 0 aliphatic heterocycles. The van der Waals surface area contributed by atoms with Crippen LogP contribution in [0.25, 0.3) is 11.0 Å². The highest BCUT2D eigenvalue weighted by Gasteiger charge is 2.18. The second-order valence-electron chi connectivity index (χ2n) is 4.51. The number of rotatable bonds is 0. The molecule has 0 saturated carbocycles. The summed E-state index contributed by atoms with van der Waals surface area (Å²) >= 11 is 0. The standard InChI is InChI=1S/C10H13N3O2/c1-10(2,3)13-9-6(5-11-13)7(14)4-8(15)12-9/h4-5H,1-3H3,(H2,12,14,15). The number of hydrogen-bond donors (Lipinski definition) is 2. The Morgan fingerprint density at radius 1 is 1.47 bits per heavy atom. The number of hydrogen-bond acceptors (Lipinski definition) is 3. The number of aromatic nitrogens is 3. The molecule has 15 heavy (non-hydrogen) atoms. The Kier molecular flexibility index (Phi) is 1.86. The fourth-order valence-corrected chi connectivity index (χ4v) is 1.52. The molecule has 0 unspecified atom stereocenters. The summed E-state index contributed by atoms with van der Waals surface area (Å²) < 4.78 is 1.68. The topological polar surface area (TPSA) is 70.9 Å². The summed E-state index contributed by atoms with van der Waals surface area (Å²) in [6.45, 7) is 5.92. The van der Waals surface area contributed by atoms with Crippen LogP contribution in [-0.4, -0.2) is 19.9 Å². The second-order valence-corrected chi connectivity index (χ2v) is 4.51. The molecule has 0 bridgehead atoms. The van der Waals surface area contributed by atoms with Gasteiger partial charge in [-0.25, -0.2) is 4.68 Å². The van der Waals surface area contributed by atoms with Crippen molar-refractivity contribution in [2.24, 2.45) is 0 Å². The van der Waals surface area contributed by atoms with E-state index in [4.69, 9.17) is 0 Å². The van der Waals surface area contributed by atoms with E-state index < -0.39 is 0 Å². The van der Waals surface area contributed by atoms with Crippen LogP contribution in [-0.2, 0) is 5.54 Å². The fourth-order valence-electron chi connectivity index (χ4n) is 1.52. The lowest BCUT2D eigenvalue weighted by atomic mass is 10.1. The number of fused-ring (bicyclic) bond motifs is 1. The van der Waals surface area contributed by atoms with Crippen LogP contribution < -0.4 is 5.56 Å². The molecule has 0 atom stereocenters. The van der Waals surface area contributed by atoms with Crippen molar-refractivity contribution in [1.29, 1.82) is 0 Å². The highest BCUT2D eigenvalue weighted by atomic mass is 16.3. The number of H-pyrrole nitrogens is 1. The molecule has 0 radical (unpaired) electrons. The van der Waals surface area contributed by atoms with Gasteiger partial charge in [-0.1, -0.05) is 0 Å². The predicted molar refractivity (Wildman–Crippen MR) is 57.0 cm³/mol. The molecule has 80 valence electrons. The molecule has 5 heteroatoms. The number of pyridine rings is 1. The molecule has 0 saturated heterocycles. The first-order valence-electron chi connectivity index (χ1n) is 4.70. The lowest BCUT2D eigenvalue weighted by molar-refractivity contribution is 0.365. The molecule has 0 amide bonds. The maximum atomic E-state index is 11.2. The molecule has 5 nitrogen and oxygen atoms in total. The lowest BCUT2D eigenvalue weighted by Gasteiger charge is -2.19. The van der Waals surface area contributed by atoms with E-state index in [1.165, 1.54) is 0 Å². The molecule has 0 spiro atoms. The van der Waals surface area contributed by atoms with Crippen LogP contribution in [0.15, 0.2) is 17.1 Å². The third kappa shape index (κ3) is 1.49. The van der Waals surface area contributed by atoms with Gasteiger partial charge in [0.2, 0.25) is 0 Å². The Labute approximate surface area is 86.4 Å². The minimum atomic E-state index is -0.328. The van der Waals surface area contributed by atoms with Crippen LogP contribution in [0.4, 0.5) is 0 Å². The highest BCUT2D eigenvalue weighted by Crippen LogP contribution is 2.24. The Balaban J connectivity index is 2.86. The van der Waals surface area contributed by atoms with Gasteiger partial charge in [-0.3, -0.25) is 4.79 Å². The Bertz CT molecular complexity index is 560. The maximum Gasteiger partial charge on any atom is 0.253 e. The van der Waals surface area contributed by atoms with Gasteiger partial charge in [0.15, 0.2) is 0 Å². The molecule has 2 aromatic heterocycles. The van der Waals surface area contributed by atoms with Crippen molar-refractivity contribution in [2.75, 3.05) is 0 Å². The molecule has 0 aromatic carbocycles. The zero-order valence-electron chi connectivity index (χ0n) is 8.90. The highest BCUT2D eigenvalue weighted by molar-refractivity contribution is 5.81. The van der Waals surface area contributed by atoms with Gasteiger partial charge >= 0.3 is 0 Å². The van der Waals surface area contributed by atoms with Gasteiger partial charge in [0.1, 0.15) is 11.4 Å². The van der Waals surface area contributed by atoms with Gasteiger partial charge in [0, 0.05) is 6.07 Å². The van der Waals surface area contributed by atoms with Gasteiger partial charge < -0.3 is 10.1 Å². The van der Waals surface area contributed by atoms with Crippen molar-refractivity contribution < 1.29 is 5.11 Å². The molecule has 2 aromatic rings. The van der Waals surface area contributed by atoms with Crippen molar-refractivity contribution in [3.05, 3.63) is 22.6 Å². The van der Waals surface area contributed by atoms with Crippen LogP contribution in [0.2, 0.25) is 0 Å². The first kappa shape index (κ1) is 9.76. The van der Waals surface area contributed by atoms with Crippen LogP contribution >= 0.6 is 0 Å². The first-order valence-corrected chi connectivity index (χ1v) is 4.70. The van der Waals surface area contributed by atoms with Crippen molar-refractivity contribution in [1.82, 2.24) is 14.8 Å². The van der Waals surface area contributed by atoms with Gasteiger partial charge in [-0.05, 0) is 20.8 Å². The summed E-state index contributed by atoms with van der Waals surface area (Å²) in [5.41, 5.74) is -0.0168. The first-order chi connectivity index (χ1) is 6.89. The minimum Gasteiger partial charge on any atom is -0.507 e. The molecular weight excluding hydrogens is 194 g/mol. The van der Waals surface area contributed by atoms with Crippen molar-refractivity contribution >= 4 is 11.0 Å². The monoisotopic (exact) mass is 207 g/mol. The van der Waals surface area contributed by atoms with Crippen LogP contribution in [0.5, 0.6) is 5.75 Å². The predicted octanol–water partition coefficient (Wildman–Crippen LogP) is 1.19. The quantitative estimate of drug-likeness (QED) is 0.681. The lowest BCUT2D eigenvalue weighted by Crippen LogP contribution is -2.24. The van der Waals surface area contributed by atoms with Gasteiger partial charge in [-0.15, -0.1) is 0 Å². The second kappa shape index (κ2) is 2.85. The Morgan fingerprint density at radius 3 is 2.73 bits per heavy atom. The van der Waals surface area contributed by atoms with E-state index in [0.29, 0.717) is 11.0 Å². The van der Waals surface area contributed by atoms with Crippen LogP contribution in [0.1, 0.15) is 20.8 Å². The zero-order valence-corrected chi connectivity index (χ0v) is 8.90. The average molecular weight is 207 g/mol. The summed E-state index contributed by atoms with van der Waals surface area (Å²) in [6.07, 6.45) is 1.55. The molecule has 0 aliphatic carbocycles. The third-order valence-corrected chi connectivity index (χ3v) is 2.19. The summed E-state index contributed by atoms with van der Waals surface area (Å²) in [4.78, 5) is 13.9. The molecule has 2 heterocycles. The number of aromatic hydroxyl groups is 1. The molecular formula is C10H13N3O2. The molecule has 0 aliphatic rings. The Morgan fingerprint density at radius 2 is 2.13 bits per heavy atom. The van der Waals surface area contributed by atoms with E-state index >= 15 is 0 Å². The molecule has 0 fully saturated rings. The van der Waals surface area contributed by atoms with Crippen molar-refractivity contribution in [3.8, 4) is 5.75 Å². The minimum absolute atomic E-state index is 0.0377. The SMILES string of the molecule is CC(C)(C)n1ncc2c(O)cc(=O)[nH]c21. The van der Waals surface area contributed by atoms with Crippen LogP contribution in [0.3, 0.4) is 0 Å². The van der Waals surface area contributed by atoms with E-state index in [0.717, 1.165) is 6.07 Å². The fraction of sp³-hybridized carbons (Fsp3) is 0.400. The maximum absolute atomic E-state index is 11.2. The summed E-state index contributed by atoms with van der Waals surface area (Å²) in [7, 11) is 0. The molecule has 2 rings (SSSR count). The van der Waals surface area contributed by atoms with E-state index in [-0.39, 0.29) is 16.8 Å². The number of nitrogens with one attached hydrogen (secondary N) is 1. The third-order valence-electron chi connectivity index (χ3n) is 2.19. The van der Waals surface area contributed by atoms with Crippen molar-refractivity contribution in [3.63, 3.8) is 0 Å². The number of nitrogens with zero attached hydrogens (tertiary/aromatic N) is 2. The van der Waals surface area contributed by atoms with Gasteiger partial charge in [-0.2, -0.15) is 5.10 Å². The van der Waals surface area contributed by atoms with Gasteiger partial charge in [0.05, 0.1) is 17.1 Å². The average Bonchev–Trinajstić information content (AvgIpc) is 2.45. The molecule has 2 N–H and O–H groups in total. The Hall–Kier alpha value is -1.78. The number of aromatic amines is 1. The van der Waals surface area contributed by atoms with E-state index in [9.17, 15) is 9.90 Å². The normalized spacial score (nSPS) is 12.2. The summed E-state index contributed by atoms with van der Waals surface area (Å²) in [5.74, 6) is -0.0377. The van der Waals surface area contributed by atoms with E-state index in [2.05, 4.69) is 10.1 Å². The van der Waals surface area contributed by atoms with Crippen LogP contribution in [0, 0.1) is 0 Å². The van der Waals surface area contributed by atoms with E-state index in [1.807, 2.05) is 20.8 Å². The smallest absolute Gasteiger partial charge is 0.253 e.